The van der Waals surface area contributed by atoms with E-state index >= 15 is 0 Å². The van der Waals surface area contributed by atoms with Crippen molar-refractivity contribution in [3.8, 4) is 5.75 Å². The zero-order chi connectivity index (χ0) is 13.0. The van der Waals surface area contributed by atoms with Gasteiger partial charge in [0.1, 0.15) is 0 Å². The number of H-pyrrole nitrogens is 1. The van der Waals surface area contributed by atoms with E-state index in [-0.39, 0.29) is 17.7 Å². The van der Waals surface area contributed by atoms with Gasteiger partial charge in [0.2, 0.25) is 0 Å². The van der Waals surface area contributed by atoms with E-state index in [4.69, 9.17) is 4.74 Å². The van der Waals surface area contributed by atoms with Crippen LogP contribution in [0.2, 0.25) is 0 Å². The molecule has 0 atom stereocenters. The molecule has 0 aliphatic carbocycles. The largest absolute Gasteiger partial charge is 0.491 e. The summed E-state index contributed by atoms with van der Waals surface area (Å²) < 4.78 is 34.3. The first kappa shape index (κ1) is 13.1. The highest BCUT2D eigenvalue weighted by atomic mass is 19.3. The first-order chi connectivity index (χ1) is 7.99. The quantitative estimate of drug-likeness (QED) is 0.807. The first-order valence-corrected chi connectivity index (χ1v) is 4.64. The molecule has 0 amide bonds. The number of halogens is 2. The lowest BCUT2D eigenvalue weighted by Crippen LogP contribution is -2.16. The van der Waals surface area contributed by atoms with Gasteiger partial charge < -0.3 is 14.5 Å². The van der Waals surface area contributed by atoms with Crippen LogP contribution in [0.4, 0.5) is 8.78 Å². The Morgan fingerprint density at radius 2 is 2.12 bits per heavy atom. The van der Waals surface area contributed by atoms with E-state index in [0.717, 1.165) is 13.2 Å². The second kappa shape index (κ2) is 5.42. The number of hydrogen-bond acceptors (Lipinski definition) is 4. The van der Waals surface area contributed by atoms with Gasteiger partial charge in [0, 0.05) is 0 Å². The van der Waals surface area contributed by atoms with E-state index in [1.54, 1.807) is 0 Å². The number of ether oxygens (including phenoxy) is 2. The van der Waals surface area contributed by atoms with Crippen LogP contribution in [0, 0.1) is 0 Å². The van der Waals surface area contributed by atoms with Crippen LogP contribution in [0.3, 0.4) is 0 Å². The molecule has 7 heteroatoms. The summed E-state index contributed by atoms with van der Waals surface area (Å²) in [5, 5.41) is 0. The molecule has 1 heterocycles. The molecule has 0 unspecified atom stereocenters. The summed E-state index contributed by atoms with van der Waals surface area (Å²) in [6.45, 7) is 0. The summed E-state index contributed by atoms with van der Waals surface area (Å²) in [6, 6.07) is 1.11. The van der Waals surface area contributed by atoms with E-state index < -0.39 is 23.6 Å². The van der Waals surface area contributed by atoms with Gasteiger partial charge in [-0.3, -0.25) is 9.59 Å². The third-order valence-electron chi connectivity index (χ3n) is 2.12. The van der Waals surface area contributed by atoms with E-state index in [2.05, 4.69) is 4.74 Å². The number of carbonyl (C=O) groups is 1. The predicted octanol–water partition coefficient (Wildman–Crippen LogP) is 1.04. The standard InChI is InChI=1S/C10H11F2NO4/c1-16-6-3-5(4-7(14)17-2)8(9(11)12)13-10(6)15/h3,9H,4H2,1-2H3,(H,13,15). The fourth-order valence-electron chi connectivity index (χ4n) is 1.29. The van der Waals surface area contributed by atoms with Crippen molar-refractivity contribution >= 4 is 5.97 Å². The summed E-state index contributed by atoms with van der Waals surface area (Å²) in [5.74, 6) is -0.811. The molecule has 0 spiro atoms. The number of carbonyl (C=O) groups excluding carboxylic acids is 1. The van der Waals surface area contributed by atoms with Crippen LogP contribution in [0.1, 0.15) is 17.7 Å². The number of nitrogens with one attached hydrogen (secondary N) is 1. The maximum absolute atomic E-state index is 12.6. The number of rotatable bonds is 4. The highest BCUT2D eigenvalue weighted by molar-refractivity contribution is 5.72. The fourth-order valence-corrected chi connectivity index (χ4v) is 1.29. The molecule has 1 aromatic heterocycles. The SMILES string of the molecule is COC(=O)Cc1cc(OC)c(=O)[nH]c1C(F)F. The summed E-state index contributed by atoms with van der Waals surface area (Å²) in [5.41, 5.74) is -1.39. The summed E-state index contributed by atoms with van der Waals surface area (Å²) in [4.78, 5) is 24.3. The highest BCUT2D eigenvalue weighted by Crippen LogP contribution is 2.22. The Hall–Kier alpha value is -1.92. The zero-order valence-electron chi connectivity index (χ0n) is 9.25. The van der Waals surface area contributed by atoms with Crippen molar-refractivity contribution in [3.63, 3.8) is 0 Å². The number of aromatic amines is 1. The minimum atomic E-state index is -2.88. The number of alkyl halides is 2. The lowest BCUT2D eigenvalue weighted by atomic mass is 10.1. The normalized spacial score (nSPS) is 10.4. The highest BCUT2D eigenvalue weighted by Gasteiger charge is 2.19. The van der Waals surface area contributed by atoms with Gasteiger partial charge in [-0.2, -0.15) is 0 Å². The van der Waals surface area contributed by atoms with Gasteiger partial charge in [-0.15, -0.1) is 0 Å². The minimum Gasteiger partial charge on any atom is -0.491 e. The van der Waals surface area contributed by atoms with Crippen molar-refractivity contribution in [1.29, 1.82) is 0 Å². The van der Waals surface area contributed by atoms with Crippen molar-refractivity contribution in [2.24, 2.45) is 0 Å². The summed E-state index contributed by atoms with van der Waals surface area (Å²) in [7, 11) is 2.38. The molecule has 94 valence electrons. The third kappa shape index (κ3) is 3.02. The Morgan fingerprint density at radius 3 is 2.59 bits per heavy atom. The average Bonchev–Trinajstić information content (AvgIpc) is 2.30. The summed E-state index contributed by atoms with van der Waals surface area (Å²) >= 11 is 0. The monoisotopic (exact) mass is 247 g/mol. The van der Waals surface area contributed by atoms with E-state index in [1.165, 1.54) is 7.11 Å². The molecule has 17 heavy (non-hydrogen) atoms. The number of hydrogen-bond donors (Lipinski definition) is 1. The van der Waals surface area contributed by atoms with Gasteiger partial charge in [-0.1, -0.05) is 0 Å². The molecule has 0 aliphatic heterocycles. The Bertz CT molecular complexity index is 470. The van der Waals surface area contributed by atoms with Crippen LogP contribution in [0.5, 0.6) is 5.75 Å². The van der Waals surface area contributed by atoms with Gasteiger partial charge in [-0.05, 0) is 11.6 Å². The van der Waals surface area contributed by atoms with Gasteiger partial charge >= 0.3 is 5.97 Å². The van der Waals surface area contributed by atoms with E-state index in [0.29, 0.717) is 0 Å². The first-order valence-electron chi connectivity index (χ1n) is 4.64. The molecule has 0 fully saturated rings. The minimum absolute atomic E-state index is 0.0247. The predicted molar refractivity (Wildman–Crippen MR) is 54.3 cm³/mol. The number of pyridine rings is 1. The molecule has 1 rings (SSSR count). The number of aromatic nitrogens is 1. The smallest absolute Gasteiger partial charge is 0.310 e. The molecule has 0 radical (unpaired) electrons. The molecule has 1 N–H and O–H groups in total. The third-order valence-corrected chi connectivity index (χ3v) is 2.12. The molecule has 0 aromatic carbocycles. The molecular weight excluding hydrogens is 236 g/mol. The topological polar surface area (TPSA) is 68.4 Å². The average molecular weight is 247 g/mol. The van der Waals surface area contributed by atoms with Crippen LogP contribution >= 0.6 is 0 Å². The molecule has 0 aliphatic rings. The van der Waals surface area contributed by atoms with Crippen molar-refractivity contribution < 1.29 is 23.0 Å². The van der Waals surface area contributed by atoms with Crippen LogP contribution in [-0.2, 0) is 16.0 Å². The maximum atomic E-state index is 12.6. The summed E-state index contributed by atoms with van der Waals surface area (Å²) in [6.07, 6.45) is -3.24. The zero-order valence-corrected chi connectivity index (χ0v) is 9.25. The van der Waals surface area contributed by atoms with E-state index in [9.17, 15) is 18.4 Å². The molecule has 0 saturated carbocycles. The van der Waals surface area contributed by atoms with Crippen molar-refractivity contribution in [2.75, 3.05) is 14.2 Å². The van der Waals surface area contributed by atoms with Crippen molar-refractivity contribution in [3.05, 3.63) is 27.7 Å². The van der Waals surface area contributed by atoms with E-state index in [1.807, 2.05) is 4.98 Å². The Kier molecular flexibility index (Phi) is 4.19. The van der Waals surface area contributed by atoms with Crippen molar-refractivity contribution in [2.45, 2.75) is 12.8 Å². The Morgan fingerprint density at radius 1 is 1.47 bits per heavy atom. The van der Waals surface area contributed by atoms with Crippen LogP contribution in [0.25, 0.3) is 0 Å². The fraction of sp³-hybridized carbons (Fsp3) is 0.400. The van der Waals surface area contributed by atoms with Gasteiger partial charge in [0.25, 0.3) is 12.0 Å². The number of esters is 1. The molecule has 1 aromatic rings. The Balaban J connectivity index is 3.24. The Labute approximate surface area is 95.4 Å². The molecule has 0 saturated heterocycles. The molecule has 0 bridgehead atoms. The van der Waals surface area contributed by atoms with Crippen LogP contribution in [0.15, 0.2) is 10.9 Å². The van der Waals surface area contributed by atoms with Crippen LogP contribution in [-0.4, -0.2) is 25.2 Å². The number of methoxy groups -OCH3 is 2. The second-order valence-electron chi connectivity index (χ2n) is 3.16. The van der Waals surface area contributed by atoms with Crippen molar-refractivity contribution in [1.82, 2.24) is 4.98 Å². The molecular formula is C10H11F2NO4. The lowest BCUT2D eigenvalue weighted by molar-refractivity contribution is -0.139. The molecule has 5 nitrogen and oxygen atoms in total. The van der Waals surface area contributed by atoms with Gasteiger partial charge in [-0.25, -0.2) is 8.78 Å². The van der Waals surface area contributed by atoms with Crippen LogP contribution < -0.4 is 10.3 Å². The lowest BCUT2D eigenvalue weighted by Gasteiger charge is -2.09. The second-order valence-corrected chi connectivity index (χ2v) is 3.16. The van der Waals surface area contributed by atoms with Gasteiger partial charge in [0.05, 0.1) is 26.3 Å². The maximum Gasteiger partial charge on any atom is 0.310 e. The van der Waals surface area contributed by atoms with Gasteiger partial charge in [0.15, 0.2) is 5.75 Å².